The molecule has 1 atom stereocenters. The van der Waals surface area contributed by atoms with Crippen molar-refractivity contribution in [2.45, 2.75) is 12.5 Å². The van der Waals surface area contributed by atoms with Gasteiger partial charge in [-0.25, -0.2) is 4.79 Å². The zero-order valence-corrected chi connectivity index (χ0v) is 18.9. The monoisotopic (exact) mass is 478 g/mol. The quantitative estimate of drug-likeness (QED) is 0.356. The highest BCUT2D eigenvalue weighted by molar-refractivity contribution is 7.13. The average Bonchev–Trinajstić information content (AvgIpc) is 3.56. The van der Waals surface area contributed by atoms with Gasteiger partial charge in [-0.1, -0.05) is 54.1 Å². The van der Waals surface area contributed by atoms with Crippen LogP contribution in [0.15, 0.2) is 81.5 Å². The molecule has 33 heavy (non-hydrogen) atoms. The number of halogens is 1. The van der Waals surface area contributed by atoms with Crippen LogP contribution < -0.4 is 11.1 Å². The van der Waals surface area contributed by atoms with Gasteiger partial charge in [0.25, 0.3) is 5.89 Å². The number of rotatable bonds is 7. The Kier molecular flexibility index (Phi) is 5.85. The third kappa shape index (κ3) is 4.35. The van der Waals surface area contributed by atoms with Crippen molar-refractivity contribution < 1.29 is 9.21 Å². The topological polar surface area (TPSA) is 92.9 Å². The minimum absolute atomic E-state index is 0.186. The van der Waals surface area contributed by atoms with Crippen molar-refractivity contribution in [3.05, 3.63) is 98.9 Å². The van der Waals surface area contributed by atoms with Gasteiger partial charge in [0.15, 0.2) is 0 Å². The summed E-state index contributed by atoms with van der Waals surface area (Å²) in [4.78, 5) is 28.9. The summed E-state index contributed by atoms with van der Waals surface area (Å²) >= 11 is 7.92. The predicted molar refractivity (Wildman–Crippen MR) is 129 cm³/mol. The molecule has 1 unspecified atom stereocenters. The van der Waals surface area contributed by atoms with Gasteiger partial charge in [0, 0.05) is 34.6 Å². The molecule has 7 nitrogen and oxygen atoms in total. The first-order chi connectivity index (χ1) is 16.1. The summed E-state index contributed by atoms with van der Waals surface area (Å²) in [6.07, 6.45) is 1.94. The summed E-state index contributed by atoms with van der Waals surface area (Å²) < 4.78 is 6.21. The molecule has 166 valence electrons. The molecule has 0 fully saturated rings. The van der Waals surface area contributed by atoms with Gasteiger partial charge in [0.05, 0.1) is 4.88 Å². The van der Waals surface area contributed by atoms with Crippen LogP contribution in [0, 0.1) is 0 Å². The molecular formula is C24H19ClN4O3S. The van der Waals surface area contributed by atoms with Crippen LogP contribution in [0.3, 0.4) is 0 Å². The van der Waals surface area contributed by atoms with E-state index in [2.05, 4.69) is 15.4 Å². The van der Waals surface area contributed by atoms with E-state index in [-0.39, 0.29) is 24.3 Å². The lowest BCUT2D eigenvalue weighted by atomic mass is 9.90. The minimum Gasteiger partial charge on any atom is -0.387 e. The van der Waals surface area contributed by atoms with Crippen molar-refractivity contribution in [1.82, 2.24) is 20.1 Å². The molecule has 2 aromatic carbocycles. The van der Waals surface area contributed by atoms with Crippen molar-refractivity contribution in [3.63, 3.8) is 0 Å². The Labute approximate surface area is 197 Å². The number of aromatic nitrogens is 3. The van der Waals surface area contributed by atoms with E-state index in [1.54, 1.807) is 6.07 Å². The molecule has 0 aliphatic rings. The van der Waals surface area contributed by atoms with Gasteiger partial charge in [0.1, 0.15) is 6.54 Å². The fraction of sp³-hybridized carbons (Fsp3) is 0.125. The molecule has 0 aliphatic heterocycles. The lowest BCUT2D eigenvalue weighted by Gasteiger charge is -2.19. The van der Waals surface area contributed by atoms with E-state index in [4.69, 9.17) is 16.0 Å². The van der Waals surface area contributed by atoms with Crippen molar-refractivity contribution in [1.29, 1.82) is 0 Å². The lowest BCUT2D eigenvalue weighted by molar-refractivity contribution is -0.121. The summed E-state index contributed by atoms with van der Waals surface area (Å²) in [5.41, 5.74) is 2.94. The number of hydrogen-bond donors (Lipinski definition) is 2. The maximum Gasteiger partial charge on any atom is 0.437 e. The van der Waals surface area contributed by atoms with Crippen LogP contribution in [-0.4, -0.2) is 27.2 Å². The number of fused-ring (bicyclic) bond motifs is 1. The zero-order valence-electron chi connectivity index (χ0n) is 17.3. The summed E-state index contributed by atoms with van der Waals surface area (Å²) in [6.45, 7) is 0.0611. The van der Waals surface area contributed by atoms with Gasteiger partial charge in [-0.2, -0.15) is 4.68 Å². The molecule has 0 saturated carbocycles. The molecule has 0 spiro atoms. The molecule has 9 heteroatoms. The van der Waals surface area contributed by atoms with Crippen LogP contribution in [0.2, 0.25) is 5.02 Å². The molecule has 3 aromatic heterocycles. The van der Waals surface area contributed by atoms with E-state index in [1.807, 2.05) is 66.2 Å². The molecular weight excluding hydrogens is 460 g/mol. The predicted octanol–water partition coefficient (Wildman–Crippen LogP) is 4.65. The maximum absolute atomic E-state index is 12.7. The smallest absolute Gasteiger partial charge is 0.387 e. The Hall–Kier alpha value is -3.62. The number of benzene rings is 2. The third-order valence-electron chi connectivity index (χ3n) is 5.41. The second kappa shape index (κ2) is 9.09. The van der Waals surface area contributed by atoms with E-state index < -0.39 is 5.76 Å². The van der Waals surface area contributed by atoms with E-state index in [0.717, 1.165) is 31.6 Å². The standard InChI is InChI=1S/C24H19ClN4O3S/c25-19-8-3-1-6-15(19)17(18-12-26-20-9-4-2-7-16(18)20)13-27-22(30)14-29-24(31)32-23(28-29)21-10-5-11-33-21/h1-12,17,26H,13-14H2,(H,27,30). The molecule has 0 bridgehead atoms. The number of carbonyl (C=O) groups is 1. The second-order valence-corrected chi connectivity index (χ2v) is 8.83. The summed E-state index contributed by atoms with van der Waals surface area (Å²) in [5, 5.41) is 10.6. The summed E-state index contributed by atoms with van der Waals surface area (Å²) in [7, 11) is 0. The van der Waals surface area contributed by atoms with Gasteiger partial charge < -0.3 is 14.7 Å². The highest BCUT2D eigenvalue weighted by Crippen LogP contribution is 2.34. The van der Waals surface area contributed by atoms with Crippen molar-refractivity contribution in [3.8, 4) is 10.8 Å². The van der Waals surface area contributed by atoms with Gasteiger partial charge in [-0.05, 0) is 34.7 Å². The number of carbonyl (C=O) groups excluding carboxylic acids is 1. The average molecular weight is 479 g/mol. The molecule has 5 rings (SSSR count). The Balaban J connectivity index is 1.38. The fourth-order valence-corrected chi connectivity index (χ4v) is 4.75. The highest BCUT2D eigenvalue weighted by Gasteiger charge is 2.22. The number of para-hydroxylation sites is 1. The second-order valence-electron chi connectivity index (χ2n) is 7.48. The number of H-pyrrole nitrogens is 1. The first-order valence-corrected chi connectivity index (χ1v) is 11.5. The van der Waals surface area contributed by atoms with E-state index in [1.165, 1.54) is 11.3 Å². The van der Waals surface area contributed by atoms with E-state index in [0.29, 0.717) is 11.6 Å². The Morgan fingerprint density at radius 2 is 1.94 bits per heavy atom. The maximum atomic E-state index is 12.7. The molecule has 0 aliphatic carbocycles. The summed E-state index contributed by atoms with van der Waals surface area (Å²) in [6, 6.07) is 19.2. The van der Waals surface area contributed by atoms with Gasteiger partial charge in [-0.15, -0.1) is 16.4 Å². The number of aromatic amines is 1. The lowest BCUT2D eigenvalue weighted by Crippen LogP contribution is -2.34. The normalized spacial score (nSPS) is 12.2. The molecule has 0 radical (unpaired) electrons. The van der Waals surface area contributed by atoms with Gasteiger partial charge in [-0.3, -0.25) is 4.79 Å². The first kappa shape index (κ1) is 21.2. The zero-order chi connectivity index (χ0) is 22.8. The Morgan fingerprint density at radius 1 is 1.12 bits per heavy atom. The molecule has 5 aromatic rings. The van der Waals surface area contributed by atoms with Crippen molar-refractivity contribution >= 4 is 39.7 Å². The van der Waals surface area contributed by atoms with Gasteiger partial charge in [0.2, 0.25) is 5.91 Å². The number of nitrogens with one attached hydrogen (secondary N) is 2. The largest absolute Gasteiger partial charge is 0.437 e. The van der Waals surface area contributed by atoms with Crippen LogP contribution in [0.5, 0.6) is 0 Å². The SMILES string of the molecule is O=C(Cn1nc(-c2cccs2)oc1=O)NCC(c1ccccc1Cl)c1c[nH]c2ccccc12. The Morgan fingerprint density at radius 3 is 2.76 bits per heavy atom. The van der Waals surface area contributed by atoms with E-state index >= 15 is 0 Å². The van der Waals surface area contributed by atoms with Crippen molar-refractivity contribution in [2.24, 2.45) is 0 Å². The Bertz CT molecular complexity index is 1470. The number of hydrogen-bond acceptors (Lipinski definition) is 5. The molecule has 1 amide bonds. The molecule has 0 saturated heterocycles. The van der Waals surface area contributed by atoms with Crippen LogP contribution in [-0.2, 0) is 11.3 Å². The molecule has 3 heterocycles. The number of thiophene rings is 1. The first-order valence-electron chi connectivity index (χ1n) is 10.3. The third-order valence-corrected chi connectivity index (χ3v) is 6.61. The fourth-order valence-electron chi connectivity index (χ4n) is 3.84. The number of nitrogens with zero attached hydrogens (tertiary/aromatic N) is 2. The number of amides is 1. The van der Waals surface area contributed by atoms with Crippen LogP contribution in [0.4, 0.5) is 0 Å². The van der Waals surface area contributed by atoms with Gasteiger partial charge >= 0.3 is 5.76 Å². The van der Waals surface area contributed by atoms with Crippen LogP contribution in [0.1, 0.15) is 17.0 Å². The van der Waals surface area contributed by atoms with E-state index in [9.17, 15) is 9.59 Å². The highest BCUT2D eigenvalue weighted by atomic mass is 35.5. The van der Waals surface area contributed by atoms with Crippen LogP contribution in [0.25, 0.3) is 21.7 Å². The molecule has 2 N–H and O–H groups in total. The minimum atomic E-state index is -0.673. The summed E-state index contributed by atoms with van der Waals surface area (Å²) in [5.74, 6) is -1.00. The van der Waals surface area contributed by atoms with Crippen LogP contribution >= 0.6 is 22.9 Å². The van der Waals surface area contributed by atoms with Crippen molar-refractivity contribution in [2.75, 3.05) is 6.54 Å².